The quantitative estimate of drug-likeness (QED) is 0.186. The molecule has 0 aliphatic heterocycles. The summed E-state index contributed by atoms with van der Waals surface area (Å²) < 4.78 is 5.78. The fraction of sp³-hybridized carbons (Fsp3) is 0.103. The highest BCUT2D eigenvalue weighted by molar-refractivity contribution is 7.97. The lowest BCUT2D eigenvalue weighted by Gasteiger charge is -2.07. The molecule has 0 bridgehead atoms. The van der Waals surface area contributed by atoms with E-state index in [-0.39, 0.29) is 5.91 Å². The molecule has 0 aromatic heterocycles. The van der Waals surface area contributed by atoms with E-state index in [1.165, 1.54) is 11.1 Å². The van der Waals surface area contributed by atoms with Crippen LogP contribution in [-0.2, 0) is 18.1 Å². The molecule has 0 fully saturated rings. The highest BCUT2D eigenvalue weighted by Crippen LogP contribution is 2.18. The Morgan fingerprint density at radius 1 is 0.829 bits per heavy atom. The lowest BCUT2D eigenvalue weighted by atomic mass is 10.1. The summed E-state index contributed by atoms with van der Waals surface area (Å²) in [5.74, 6) is 2.36. The van der Waals surface area contributed by atoms with Crippen LogP contribution >= 0.6 is 23.4 Å². The Morgan fingerprint density at radius 3 is 2.23 bits per heavy atom. The summed E-state index contributed by atoms with van der Waals surface area (Å²) >= 11 is 7.85. The Balaban J connectivity index is 1.21. The summed E-state index contributed by atoms with van der Waals surface area (Å²) in [4.78, 5) is 12.4. The van der Waals surface area contributed by atoms with Crippen LogP contribution in [0.2, 0.25) is 5.02 Å². The van der Waals surface area contributed by atoms with Gasteiger partial charge in [0.1, 0.15) is 12.4 Å². The fourth-order valence-electron chi connectivity index (χ4n) is 3.29. The molecule has 1 N–H and O–H groups in total. The molecule has 4 nitrogen and oxygen atoms in total. The summed E-state index contributed by atoms with van der Waals surface area (Å²) in [5, 5.41) is 4.76. The third-order valence-corrected chi connectivity index (χ3v) is 6.46. The minimum atomic E-state index is -0.244. The number of benzene rings is 4. The first-order valence-electron chi connectivity index (χ1n) is 11.2. The lowest BCUT2D eigenvalue weighted by Crippen LogP contribution is -2.17. The van der Waals surface area contributed by atoms with E-state index in [0.29, 0.717) is 17.2 Å². The van der Waals surface area contributed by atoms with Gasteiger partial charge in [0, 0.05) is 22.1 Å². The van der Waals surface area contributed by atoms with Crippen LogP contribution in [0.5, 0.6) is 5.75 Å². The van der Waals surface area contributed by atoms with Crippen molar-refractivity contribution in [1.29, 1.82) is 0 Å². The number of hydrogen-bond donors (Lipinski definition) is 1. The summed E-state index contributed by atoms with van der Waals surface area (Å²) in [6.07, 6.45) is 1.60. The molecule has 0 saturated heterocycles. The number of ether oxygens (including phenoxy) is 1. The molecule has 35 heavy (non-hydrogen) atoms. The first-order chi connectivity index (χ1) is 17.2. The van der Waals surface area contributed by atoms with E-state index in [9.17, 15) is 4.79 Å². The van der Waals surface area contributed by atoms with Crippen molar-refractivity contribution in [2.24, 2.45) is 5.10 Å². The van der Waals surface area contributed by atoms with E-state index < -0.39 is 0 Å². The van der Waals surface area contributed by atoms with Crippen molar-refractivity contribution in [3.63, 3.8) is 0 Å². The van der Waals surface area contributed by atoms with Gasteiger partial charge in [-0.15, -0.1) is 0 Å². The maximum Gasteiger partial charge on any atom is 0.271 e. The number of hydrazone groups is 1. The van der Waals surface area contributed by atoms with Crippen LogP contribution in [-0.4, -0.2) is 12.1 Å². The average molecular weight is 501 g/mol. The smallest absolute Gasteiger partial charge is 0.271 e. The summed E-state index contributed by atoms with van der Waals surface area (Å²) in [7, 11) is 0. The van der Waals surface area contributed by atoms with Gasteiger partial charge >= 0.3 is 0 Å². The largest absolute Gasteiger partial charge is 0.489 e. The van der Waals surface area contributed by atoms with Gasteiger partial charge in [0.15, 0.2) is 0 Å². The number of nitrogens with zero attached hydrogens (tertiary/aromatic N) is 1. The third-order valence-electron chi connectivity index (χ3n) is 5.15. The predicted molar refractivity (Wildman–Crippen MR) is 145 cm³/mol. The molecule has 0 atom stereocenters. The van der Waals surface area contributed by atoms with Gasteiger partial charge in [-0.3, -0.25) is 4.79 Å². The third kappa shape index (κ3) is 8.02. The molecule has 4 aromatic rings. The van der Waals surface area contributed by atoms with Crippen LogP contribution < -0.4 is 10.2 Å². The molecule has 1 amide bonds. The molecule has 0 radical (unpaired) electrons. The van der Waals surface area contributed by atoms with Crippen LogP contribution in [0.15, 0.2) is 108 Å². The second-order valence-corrected chi connectivity index (χ2v) is 9.28. The zero-order valence-corrected chi connectivity index (χ0v) is 20.6. The molecule has 0 spiro atoms. The van der Waals surface area contributed by atoms with E-state index in [1.807, 2.05) is 90.6 Å². The maximum atomic E-state index is 12.4. The number of carbonyl (C=O) groups excluding carboxylic acids is 1. The van der Waals surface area contributed by atoms with Crippen molar-refractivity contribution in [2.75, 3.05) is 0 Å². The molecule has 6 heteroatoms. The number of amides is 1. The predicted octanol–water partition coefficient (Wildman–Crippen LogP) is 7.12. The van der Waals surface area contributed by atoms with Gasteiger partial charge in [0.05, 0.1) is 6.21 Å². The van der Waals surface area contributed by atoms with E-state index in [1.54, 1.807) is 6.21 Å². The van der Waals surface area contributed by atoms with Crippen molar-refractivity contribution in [3.8, 4) is 5.75 Å². The van der Waals surface area contributed by atoms with Gasteiger partial charge in [-0.05, 0) is 70.8 Å². The van der Waals surface area contributed by atoms with Crippen LogP contribution in [0.1, 0.15) is 32.6 Å². The van der Waals surface area contributed by atoms with Crippen LogP contribution in [0.4, 0.5) is 0 Å². The molecule has 0 heterocycles. The summed E-state index contributed by atoms with van der Waals surface area (Å²) in [5.41, 5.74) is 7.51. The first-order valence-corrected chi connectivity index (χ1v) is 12.7. The number of thioether (sulfide) groups is 1. The van der Waals surface area contributed by atoms with Gasteiger partial charge in [0.25, 0.3) is 5.91 Å². The molecule has 0 unspecified atom stereocenters. The second kappa shape index (κ2) is 12.8. The monoisotopic (exact) mass is 500 g/mol. The molecular formula is C29H25ClN2O2S. The van der Waals surface area contributed by atoms with Crippen molar-refractivity contribution in [1.82, 2.24) is 5.43 Å². The Hall–Kier alpha value is -3.54. The van der Waals surface area contributed by atoms with Crippen molar-refractivity contribution in [2.45, 2.75) is 18.1 Å². The molecular weight excluding hydrogens is 476 g/mol. The first kappa shape index (κ1) is 24.6. The maximum absolute atomic E-state index is 12.4. The normalized spacial score (nSPS) is 10.9. The Morgan fingerprint density at radius 2 is 1.51 bits per heavy atom. The van der Waals surface area contributed by atoms with Crippen LogP contribution in [0.3, 0.4) is 0 Å². The molecule has 0 aliphatic carbocycles. The summed E-state index contributed by atoms with van der Waals surface area (Å²) in [6.45, 7) is 0.439. The Kier molecular flexibility index (Phi) is 8.98. The molecule has 176 valence electrons. The van der Waals surface area contributed by atoms with Crippen LogP contribution in [0, 0.1) is 0 Å². The zero-order chi connectivity index (χ0) is 24.3. The number of nitrogens with one attached hydrogen (secondary N) is 1. The van der Waals surface area contributed by atoms with Gasteiger partial charge in [0.2, 0.25) is 0 Å². The van der Waals surface area contributed by atoms with E-state index in [4.69, 9.17) is 16.3 Å². The Bertz CT molecular complexity index is 1260. The SMILES string of the molecule is O=C(N/N=C/c1ccc(OCc2cccc(Cl)c2)cc1)c1ccc(CSCc2ccccc2)cc1. The van der Waals surface area contributed by atoms with Crippen molar-refractivity contribution >= 4 is 35.5 Å². The second-order valence-electron chi connectivity index (χ2n) is 7.86. The summed E-state index contributed by atoms with van der Waals surface area (Å²) in [6, 6.07) is 33.1. The van der Waals surface area contributed by atoms with Gasteiger partial charge < -0.3 is 4.74 Å². The highest BCUT2D eigenvalue weighted by atomic mass is 35.5. The van der Waals surface area contributed by atoms with Gasteiger partial charge in [-0.1, -0.05) is 66.2 Å². The molecule has 0 aliphatic rings. The number of hydrogen-bond acceptors (Lipinski definition) is 4. The average Bonchev–Trinajstić information content (AvgIpc) is 2.89. The van der Waals surface area contributed by atoms with Gasteiger partial charge in [-0.25, -0.2) is 5.43 Å². The minimum Gasteiger partial charge on any atom is -0.489 e. The standard InChI is InChI=1S/C29H25ClN2O2S/c30-27-8-4-7-25(17-27)19-34-28-15-11-22(12-16-28)18-31-32-29(33)26-13-9-24(10-14-26)21-35-20-23-5-2-1-3-6-23/h1-18H,19-21H2,(H,32,33)/b31-18+. The molecule has 4 aromatic carbocycles. The van der Waals surface area contributed by atoms with E-state index in [0.717, 1.165) is 28.4 Å². The zero-order valence-electron chi connectivity index (χ0n) is 19.1. The number of halogens is 1. The highest BCUT2D eigenvalue weighted by Gasteiger charge is 2.04. The molecule has 4 rings (SSSR count). The number of carbonyl (C=O) groups is 1. The van der Waals surface area contributed by atoms with Crippen molar-refractivity contribution in [3.05, 3.63) is 136 Å². The minimum absolute atomic E-state index is 0.244. The molecule has 0 saturated carbocycles. The fourth-order valence-corrected chi connectivity index (χ4v) is 4.46. The van der Waals surface area contributed by atoms with Gasteiger partial charge in [-0.2, -0.15) is 16.9 Å². The van der Waals surface area contributed by atoms with Crippen LogP contribution in [0.25, 0.3) is 0 Å². The lowest BCUT2D eigenvalue weighted by molar-refractivity contribution is 0.0955. The topological polar surface area (TPSA) is 50.7 Å². The van der Waals surface area contributed by atoms with Crippen molar-refractivity contribution < 1.29 is 9.53 Å². The number of rotatable bonds is 10. The van der Waals surface area contributed by atoms with E-state index in [2.05, 4.69) is 34.8 Å². The van der Waals surface area contributed by atoms with E-state index >= 15 is 0 Å². The Labute approximate surface area is 215 Å².